The van der Waals surface area contributed by atoms with E-state index in [-0.39, 0.29) is 16.9 Å². The summed E-state index contributed by atoms with van der Waals surface area (Å²) in [5.74, 6) is -0.447. The number of anilines is 2. The van der Waals surface area contributed by atoms with Crippen molar-refractivity contribution in [1.82, 2.24) is 0 Å². The Morgan fingerprint density at radius 3 is 2.65 bits per heavy atom. The summed E-state index contributed by atoms with van der Waals surface area (Å²) >= 11 is 0. The molecule has 0 heterocycles. The summed E-state index contributed by atoms with van der Waals surface area (Å²) < 4.78 is 13.7. The first kappa shape index (κ1) is 13.5. The first-order valence-corrected chi connectivity index (χ1v) is 5.73. The maximum atomic E-state index is 13.7. The van der Waals surface area contributed by atoms with Crippen LogP contribution in [0.4, 0.5) is 21.5 Å². The molecule has 5 nitrogen and oxygen atoms in total. The van der Waals surface area contributed by atoms with E-state index in [4.69, 9.17) is 5.26 Å². The van der Waals surface area contributed by atoms with E-state index in [1.807, 2.05) is 0 Å². The number of aryl methyl sites for hydroxylation is 1. The molecule has 2 aromatic carbocycles. The van der Waals surface area contributed by atoms with Gasteiger partial charge >= 0.3 is 0 Å². The Bertz CT molecular complexity index is 723. The van der Waals surface area contributed by atoms with Crippen LogP contribution in [0, 0.1) is 34.2 Å². The van der Waals surface area contributed by atoms with Crippen molar-refractivity contribution in [2.75, 3.05) is 5.32 Å². The Hall–Kier alpha value is -2.94. The van der Waals surface area contributed by atoms with E-state index in [0.717, 1.165) is 5.56 Å². The van der Waals surface area contributed by atoms with Crippen molar-refractivity contribution < 1.29 is 9.31 Å². The minimum atomic E-state index is -0.644. The van der Waals surface area contributed by atoms with E-state index in [1.165, 1.54) is 24.3 Å². The SMILES string of the molecule is Cc1ccc(Nc2ccc(C#N)c([N+](=O)[O-])c2)c(F)c1. The van der Waals surface area contributed by atoms with Gasteiger partial charge in [0.25, 0.3) is 5.69 Å². The second-order valence-electron chi connectivity index (χ2n) is 4.21. The second kappa shape index (κ2) is 5.36. The van der Waals surface area contributed by atoms with Gasteiger partial charge in [0, 0.05) is 11.8 Å². The first-order chi connectivity index (χ1) is 9.51. The van der Waals surface area contributed by atoms with Crippen molar-refractivity contribution in [3.8, 4) is 6.07 Å². The average Bonchev–Trinajstić information content (AvgIpc) is 2.41. The van der Waals surface area contributed by atoms with Gasteiger partial charge in [-0.25, -0.2) is 4.39 Å². The smallest absolute Gasteiger partial charge is 0.289 e. The molecule has 0 unspecified atom stereocenters. The fraction of sp³-hybridized carbons (Fsp3) is 0.0714. The lowest BCUT2D eigenvalue weighted by Crippen LogP contribution is -1.97. The maximum absolute atomic E-state index is 13.7. The van der Waals surface area contributed by atoms with Gasteiger partial charge in [-0.2, -0.15) is 5.26 Å². The lowest BCUT2D eigenvalue weighted by molar-refractivity contribution is -0.385. The number of rotatable bonds is 3. The summed E-state index contributed by atoms with van der Waals surface area (Å²) in [5, 5.41) is 22.4. The number of halogens is 1. The molecule has 0 aliphatic heterocycles. The Labute approximate surface area is 114 Å². The number of nitrogens with one attached hydrogen (secondary N) is 1. The molecular weight excluding hydrogens is 261 g/mol. The monoisotopic (exact) mass is 271 g/mol. The van der Waals surface area contributed by atoms with Crippen LogP contribution in [-0.2, 0) is 0 Å². The summed E-state index contributed by atoms with van der Waals surface area (Å²) in [5.41, 5.74) is 0.988. The third-order valence-corrected chi connectivity index (χ3v) is 2.72. The summed E-state index contributed by atoms with van der Waals surface area (Å²) in [6.45, 7) is 1.76. The maximum Gasteiger partial charge on any atom is 0.289 e. The fourth-order valence-electron chi connectivity index (χ4n) is 1.73. The summed E-state index contributed by atoms with van der Waals surface area (Å²) in [4.78, 5) is 10.2. The Morgan fingerprint density at radius 1 is 1.30 bits per heavy atom. The van der Waals surface area contributed by atoms with Gasteiger partial charge in [-0.3, -0.25) is 10.1 Å². The lowest BCUT2D eigenvalue weighted by atomic mass is 10.1. The van der Waals surface area contributed by atoms with Crippen LogP contribution >= 0.6 is 0 Å². The van der Waals surface area contributed by atoms with Crippen LogP contribution in [0.25, 0.3) is 0 Å². The number of hydrogen-bond acceptors (Lipinski definition) is 4. The number of nitro groups is 1. The molecular formula is C14H10FN3O2. The third kappa shape index (κ3) is 2.72. The highest BCUT2D eigenvalue weighted by molar-refractivity contribution is 5.66. The third-order valence-electron chi connectivity index (χ3n) is 2.72. The summed E-state index contributed by atoms with van der Waals surface area (Å²) in [6.07, 6.45) is 0. The number of benzene rings is 2. The van der Waals surface area contributed by atoms with Gasteiger partial charge in [-0.05, 0) is 36.8 Å². The number of hydrogen-bond donors (Lipinski definition) is 1. The number of nitriles is 1. The van der Waals surface area contributed by atoms with Crippen molar-refractivity contribution in [3.63, 3.8) is 0 Å². The minimum absolute atomic E-state index is 0.0371. The topological polar surface area (TPSA) is 79.0 Å². The molecule has 1 N–H and O–H groups in total. The molecule has 20 heavy (non-hydrogen) atoms. The standard InChI is InChI=1S/C14H10FN3O2/c1-9-2-5-13(12(15)6-9)17-11-4-3-10(8-16)14(7-11)18(19)20/h2-7,17H,1H3. The van der Waals surface area contributed by atoms with Gasteiger partial charge in [0.05, 0.1) is 10.6 Å². The predicted molar refractivity (Wildman–Crippen MR) is 72.2 cm³/mol. The molecule has 0 bridgehead atoms. The molecule has 0 aliphatic rings. The highest BCUT2D eigenvalue weighted by atomic mass is 19.1. The highest BCUT2D eigenvalue weighted by Gasteiger charge is 2.14. The second-order valence-corrected chi connectivity index (χ2v) is 4.21. The van der Waals surface area contributed by atoms with E-state index < -0.39 is 10.7 Å². The number of nitrogens with zero attached hydrogens (tertiary/aromatic N) is 2. The largest absolute Gasteiger partial charge is 0.353 e. The first-order valence-electron chi connectivity index (χ1n) is 5.73. The Morgan fingerprint density at radius 2 is 2.05 bits per heavy atom. The molecule has 6 heteroatoms. The zero-order valence-corrected chi connectivity index (χ0v) is 10.6. The molecule has 0 radical (unpaired) electrons. The minimum Gasteiger partial charge on any atom is -0.353 e. The lowest BCUT2D eigenvalue weighted by Gasteiger charge is -2.08. The number of nitro benzene ring substituents is 1. The molecule has 0 saturated carbocycles. The molecule has 0 fully saturated rings. The zero-order valence-electron chi connectivity index (χ0n) is 10.6. The Balaban J connectivity index is 2.37. The van der Waals surface area contributed by atoms with Gasteiger partial charge in [0.15, 0.2) is 0 Å². The van der Waals surface area contributed by atoms with Crippen molar-refractivity contribution in [2.45, 2.75) is 6.92 Å². The molecule has 0 aromatic heterocycles. The van der Waals surface area contributed by atoms with Crippen molar-refractivity contribution in [1.29, 1.82) is 5.26 Å². The van der Waals surface area contributed by atoms with Gasteiger partial charge in [-0.15, -0.1) is 0 Å². The van der Waals surface area contributed by atoms with Crippen LogP contribution in [-0.4, -0.2) is 4.92 Å². The average molecular weight is 271 g/mol. The van der Waals surface area contributed by atoms with Crippen LogP contribution < -0.4 is 5.32 Å². The summed E-state index contributed by atoms with van der Waals surface area (Å²) in [7, 11) is 0. The van der Waals surface area contributed by atoms with E-state index in [2.05, 4.69) is 5.32 Å². The van der Waals surface area contributed by atoms with Crippen LogP contribution in [0.5, 0.6) is 0 Å². The fourth-order valence-corrected chi connectivity index (χ4v) is 1.73. The van der Waals surface area contributed by atoms with Gasteiger partial charge in [0.2, 0.25) is 0 Å². The van der Waals surface area contributed by atoms with E-state index in [0.29, 0.717) is 5.69 Å². The normalized spacial score (nSPS) is 9.85. The summed E-state index contributed by atoms with van der Waals surface area (Å²) in [6, 6.07) is 10.4. The molecule has 0 spiro atoms. The van der Waals surface area contributed by atoms with E-state index in [1.54, 1.807) is 25.1 Å². The quantitative estimate of drug-likeness (QED) is 0.682. The molecule has 0 saturated heterocycles. The van der Waals surface area contributed by atoms with E-state index >= 15 is 0 Å². The molecule has 2 aromatic rings. The molecule has 2 rings (SSSR count). The van der Waals surface area contributed by atoms with Crippen molar-refractivity contribution in [2.24, 2.45) is 0 Å². The molecule has 0 aliphatic carbocycles. The van der Waals surface area contributed by atoms with Crippen LogP contribution in [0.15, 0.2) is 36.4 Å². The predicted octanol–water partition coefficient (Wildman–Crippen LogP) is 3.66. The van der Waals surface area contributed by atoms with Crippen molar-refractivity contribution >= 4 is 17.1 Å². The molecule has 100 valence electrons. The van der Waals surface area contributed by atoms with E-state index in [9.17, 15) is 14.5 Å². The molecule has 0 amide bonds. The Kier molecular flexibility index (Phi) is 3.62. The highest BCUT2D eigenvalue weighted by Crippen LogP contribution is 2.26. The van der Waals surface area contributed by atoms with Crippen LogP contribution in [0.3, 0.4) is 0 Å². The van der Waals surface area contributed by atoms with Crippen LogP contribution in [0.2, 0.25) is 0 Å². The zero-order chi connectivity index (χ0) is 14.7. The van der Waals surface area contributed by atoms with Crippen LogP contribution in [0.1, 0.15) is 11.1 Å². The van der Waals surface area contributed by atoms with Gasteiger partial charge in [0.1, 0.15) is 17.4 Å². The van der Waals surface area contributed by atoms with Gasteiger partial charge < -0.3 is 5.32 Å². The molecule has 0 atom stereocenters. The van der Waals surface area contributed by atoms with Crippen molar-refractivity contribution in [3.05, 3.63) is 63.5 Å². The van der Waals surface area contributed by atoms with Gasteiger partial charge in [-0.1, -0.05) is 6.07 Å².